The molecule has 4 heteroatoms. The zero-order valence-electron chi connectivity index (χ0n) is 6.39. The Labute approximate surface area is 69.4 Å². The predicted octanol–water partition coefficient (Wildman–Crippen LogP) is 1.38. The van der Waals surface area contributed by atoms with Crippen molar-refractivity contribution < 1.29 is 0 Å². The minimum Gasteiger partial charge on any atom is -0.309 e. The molecule has 0 saturated carbocycles. The van der Waals surface area contributed by atoms with Crippen molar-refractivity contribution in [2.45, 2.75) is 19.2 Å². The largest absolute Gasteiger partial charge is 0.309 e. The van der Waals surface area contributed by atoms with Crippen LogP contribution < -0.4 is 5.56 Å². The van der Waals surface area contributed by atoms with Gasteiger partial charge in [-0.05, 0) is 13.8 Å². The van der Waals surface area contributed by atoms with E-state index in [9.17, 15) is 4.79 Å². The van der Waals surface area contributed by atoms with Crippen molar-refractivity contribution in [1.29, 1.82) is 0 Å². The van der Waals surface area contributed by atoms with Crippen LogP contribution >= 0.6 is 11.6 Å². The molecule has 1 heterocycles. The minimum atomic E-state index is -0.248. The van der Waals surface area contributed by atoms with Gasteiger partial charge in [-0.25, -0.2) is 4.98 Å². The summed E-state index contributed by atoms with van der Waals surface area (Å²) in [6.45, 7) is 3.53. The quantitative estimate of drug-likeness (QED) is 0.651. The van der Waals surface area contributed by atoms with Crippen LogP contribution in [0.3, 0.4) is 0 Å². The molecule has 0 unspecified atom stereocenters. The molecule has 1 rings (SSSR count). The number of aromatic amines is 1. The molecule has 0 amide bonds. The maximum absolute atomic E-state index is 10.9. The van der Waals surface area contributed by atoms with Gasteiger partial charge in [-0.1, -0.05) is 0 Å². The van der Waals surface area contributed by atoms with Gasteiger partial charge in [0.05, 0.1) is 5.38 Å². The van der Waals surface area contributed by atoms with E-state index in [1.54, 1.807) is 13.8 Å². The lowest BCUT2D eigenvalue weighted by Gasteiger charge is -2.01. The zero-order valence-corrected chi connectivity index (χ0v) is 7.14. The summed E-state index contributed by atoms with van der Waals surface area (Å²) in [6.07, 6.45) is 0. The molecule has 0 spiro atoms. The highest BCUT2D eigenvalue weighted by atomic mass is 35.5. The van der Waals surface area contributed by atoms with Gasteiger partial charge >= 0.3 is 0 Å². The first-order valence-electron chi connectivity index (χ1n) is 3.31. The Balaban J connectivity index is 3.19. The number of hydrogen-bond donors (Lipinski definition) is 1. The predicted molar refractivity (Wildman–Crippen MR) is 43.9 cm³/mol. The molecule has 0 aliphatic carbocycles. The average Bonchev–Trinajstić information content (AvgIpc) is 1.85. The molecule has 11 heavy (non-hydrogen) atoms. The number of aromatic nitrogens is 2. The topological polar surface area (TPSA) is 45.8 Å². The minimum absolute atomic E-state index is 0.153. The van der Waals surface area contributed by atoms with Crippen molar-refractivity contribution in [1.82, 2.24) is 9.97 Å². The number of nitrogens with one attached hydrogen (secondary N) is 1. The second-order valence-corrected chi connectivity index (χ2v) is 3.04. The highest BCUT2D eigenvalue weighted by Gasteiger charge is 2.03. The third-order valence-electron chi connectivity index (χ3n) is 1.26. The summed E-state index contributed by atoms with van der Waals surface area (Å²) in [5.74, 6) is 0.525. The third-order valence-corrected chi connectivity index (χ3v) is 1.47. The first kappa shape index (κ1) is 8.27. The lowest BCUT2D eigenvalue weighted by Crippen LogP contribution is -2.11. The van der Waals surface area contributed by atoms with Crippen molar-refractivity contribution in [2.75, 3.05) is 0 Å². The zero-order chi connectivity index (χ0) is 8.43. The van der Waals surface area contributed by atoms with Crippen molar-refractivity contribution in [3.8, 4) is 0 Å². The molecule has 0 bridgehead atoms. The van der Waals surface area contributed by atoms with Crippen molar-refractivity contribution in [3.05, 3.63) is 27.9 Å². The van der Waals surface area contributed by atoms with E-state index in [-0.39, 0.29) is 10.9 Å². The molecule has 0 aliphatic rings. The fourth-order valence-corrected chi connectivity index (χ4v) is 0.894. The van der Waals surface area contributed by atoms with Gasteiger partial charge in [-0.2, -0.15) is 0 Å². The molecule has 0 fully saturated rings. The molecule has 1 N–H and O–H groups in total. The maximum atomic E-state index is 10.9. The highest BCUT2D eigenvalue weighted by molar-refractivity contribution is 6.20. The van der Waals surface area contributed by atoms with Crippen molar-refractivity contribution >= 4 is 11.6 Å². The van der Waals surface area contributed by atoms with Gasteiger partial charge in [-0.3, -0.25) is 4.79 Å². The van der Waals surface area contributed by atoms with Gasteiger partial charge in [0, 0.05) is 11.8 Å². The first-order chi connectivity index (χ1) is 5.09. The second kappa shape index (κ2) is 3.05. The summed E-state index contributed by atoms with van der Waals surface area (Å²) < 4.78 is 0. The van der Waals surface area contributed by atoms with Crippen molar-refractivity contribution in [2.24, 2.45) is 0 Å². The Morgan fingerprint density at radius 2 is 2.36 bits per heavy atom. The van der Waals surface area contributed by atoms with Gasteiger partial charge in [0.1, 0.15) is 5.82 Å². The lowest BCUT2D eigenvalue weighted by molar-refractivity contribution is 0.875. The molecule has 1 atom stereocenters. The van der Waals surface area contributed by atoms with Crippen LogP contribution in [-0.2, 0) is 0 Å². The molecule has 1 aromatic heterocycles. The van der Waals surface area contributed by atoms with E-state index >= 15 is 0 Å². The van der Waals surface area contributed by atoms with Gasteiger partial charge < -0.3 is 4.98 Å². The molecular weight excluding hydrogens is 164 g/mol. The van der Waals surface area contributed by atoms with Gasteiger partial charge in [0.2, 0.25) is 0 Å². The second-order valence-electron chi connectivity index (χ2n) is 2.39. The van der Waals surface area contributed by atoms with Crippen LogP contribution in [0.2, 0.25) is 0 Å². The Bertz CT molecular complexity index is 306. The van der Waals surface area contributed by atoms with E-state index in [1.165, 1.54) is 6.07 Å². The lowest BCUT2D eigenvalue weighted by atomic mass is 10.4. The van der Waals surface area contributed by atoms with E-state index in [0.29, 0.717) is 11.5 Å². The van der Waals surface area contributed by atoms with E-state index in [4.69, 9.17) is 11.6 Å². The standard InChI is InChI=1S/C7H9ClN2O/c1-4-3-6(11)10-7(9-4)5(2)8/h3,5H,1-2H3,(H,9,10,11)/t5-/m0/s1. The first-order valence-corrected chi connectivity index (χ1v) is 3.75. The van der Waals surface area contributed by atoms with Gasteiger partial charge in [0.15, 0.2) is 0 Å². The van der Waals surface area contributed by atoms with Crippen molar-refractivity contribution in [3.63, 3.8) is 0 Å². The normalized spacial score (nSPS) is 13.0. The fraction of sp³-hybridized carbons (Fsp3) is 0.429. The number of hydrogen-bond acceptors (Lipinski definition) is 2. The molecule has 1 aromatic rings. The van der Waals surface area contributed by atoms with Crippen LogP contribution in [-0.4, -0.2) is 9.97 Å². The molecule has 0 radical (unpaired) electrons. The Morgan fingerprint density at radius 3 is 2.82 bits per heavy atom. The summed E-state index contributed by atoms with van der Waals surface area (Å²) in [4.78, 5) is 17.5. The van der Waals surface area contributed by atoms with E-state index in [0.717, 1.165) is 0 Å². The van der Waals surface area contributed by atoms with Crippen LogP contribution in [0.15, 0.2) is 10.9 Å². The summed E-state index contributed by atoms with van der Waals surface area (Å²) in [6, 6.07) is 1.43. The van der Waals surface area contributed by atoms with Crippen LogP contribution in [0.5, 0.6) is 0 Å². The number of aryl methyl sites for hydroxylation is 1. The van der Waals surface area contributed by atoms with Crippen LogP contribution in [0.1, 0.15) is 23.8 Å². The Morgan fingerprint density at radius 1 is 1.73 bits per heavy atom. The summed E-state index contributed by atoms with van der Waals surface area (Å²) >= 11 is 5.71. The van der Waals surface area contributed by atoms with E-state index in [1.807, 2.05) is 0 Å². The highest BCUT2D eigenvalue weighted by Crippen LogP contribution is 2.12. The molecular formula is C7H9ClN2O. The van der Waals surface area contributed by atoms with Crippen LogP contribution in [0, 0.1) is 6.92 Å². The summed E-state index contributed by atoms with van der Waals surface area (Å²) in [5.41, 5.74) is 0.538. The monoisotopic (exact) mass is 172 g/mol. The molecule has 0 saturated heterocycles. The molecule has 0 aliphatic heterocycles. The molecule has 3 nitrogen and oxygen atoms in total. The molecule has 60 valence electrons. The third kappa shape index (κ3) is 2.05. The SMILES string of the molecule is Cc1cc(=O)[nH]c([C@H](C)Cl)n1. The summed E-state index contributed by atoms with van der Waals surface area (Å²) in [7, 11) is 0. The number of alkyl halides is 1. The number of H-pyrrole nitrogens is 1. The smallest absolute Gasteiger partial charge is 0.251 e. The van der Waals surface area contributed by atoms with Crippen LogP contribution in [0.25, 0.3) is 0 Å². The van der Waals surface area contributed by atoms with Gasteiger partial charge in [0.25, 0.3) is 5.56 Å². The van der Waals surface area contributed by atoms with Gasteiger partial charge in [-0.15, -0.1) is 11.6 Å². The number of rotatable bonds is 1. The van der Waals surface area contributed by atoms with E-state index in [2.05, 4.69) is 9.97 Å². The Hall–Kier alpha value is -0.830. The average molecular weight is 173 g/mol. The maximum Gasteiger partial charge on any atom is 0.251 e. The number of halogens is 1. The Kier molecular flexibility index (Phi) is 2.29. The number of nitrogens with zero attached hydrogens (tertiary/aromatic N) is 1. The fourth-order valence-electron chi connectivity index (χ4n) is 0.791. The van der Waals surface area contributed by atoms with Crippen LogP contribution in [0.4, 0.5) is 0 Å². The molecule has 0 aromatic carbocycles. The summed E-state index contributed by atoms with van der Waals surface area (Å²) in [5, 5.41) is -0.248. The van der Waals surface area contributed by atoms with E-state index < -0.39 is 0 Å².